The molecule has 22 heavy (non-hydrogen) atoms. The lowest BCUT2D eigenvalue weighted by atomic mass is 10.1. The maximum Gasteiger partial charge on any atom is 0.274 e. The van der Waals surface area contributed by atoms with E-state index in [0.29, 0.717) is 10.9 Å². The Bertz CT molecular complexity index is 857. The molecular weight excluding hydrogens is 284 g/mol. The number of aromatic amines is 1. The molecule has 110 valence electrons. The highest BCUT2D eigenvalue weighted by molar-refractivity contribution is 6.04. The van der Waals surface area contributed by atoms with E-state index in [1.807, 2.05) is 18.2 Å². The van der Waals surface area contributed by atoms with E-state index >= 15 is 0 Å². The van der Waals surface area contributed by atoms with E-state index in [0.717, 1.165) is 5.52 Å². The molecule has 2 aromatic carbocycles. The Hall–Kier alpha value is -3.22. The van der Waals surface area contributed by atoms with E-state index in [1.54, 1.807) is 24.3 Å². The van der Waals surface area contributed by atoms with Crippen molar-refractivity contribution in [1.82, 2.24) is 15.5 Å². The lowest BCUT2D eigenvalue weighted by Gasteiger charge is -2.04. The number of para-hydroxylation sites is 2. The molecule has 0 aliphatic heterocycles. The first kappa shape index (κ1) is 13.7. The number of carbonyl (C=O) groups excluding carboxylic acids is 1. The summed E-state index contributed by atoms with van der Waals surface area (Å²) in [5, 5.41) is 21.1. The molecule has 0 atom stereocenters. The number of hydrogen-bond acceptors (Lipinski definition) is 4. The Labute approximate surface area is 125 Å². The molecule has 0 spiro atoms. The molecule has 7 nitrogen and oxygen atoms in total. The molecule has 7 heteroatoms. The second-order valence-electron chi connectivity index (χ2n) is 4.69. The highest BCUT2D eigenvalue weighted by Crippen LogP contribution is 2.18. The number of aromatic nitrogens is 2. The predicted molar refractivity (Wildman–Crippen MR) is 80.4 cm³/mol. The van der Waals surface area contributed by atoms with Crippen molar-refractivity contribution in [3.05, 3.63) is 69.9 Å². The van der Waals surface area contributed by atoms with Gasteiger partial charge in [-0.3, -0.25) is 20.0 Å². The highest BCUT2D eigenvalue weighted by atomic mass is 16.6. The molecule has 1 heterocycles. The molecule has 1 aromatic heterocycles. The zero-order valence-corrected chi connectivity index (χ0v) is 11.4. The Morgan fingerprint density at radius 3 is 2.73 bits per heavy atom. The molecule has 0 bridgehead atoms. The minimum absolute atomic E-state index is 0.0188. The van der Waals surface area contributed by atoms with Gasteiger partial charge in [0.15, 0.2) is 5.69 Å². The number of nitro benzene ring substituents is 1. The van der Waals surface area contributed by atoms with E-state index in [-0.39, 0.29) is 23.8 Å². The number of carbonyl (C=O) groups is 1. The quantitative estimate of drug-likeness (QED) is 0.570. The van der Waals surface area contributed by atoms with E-state index in [1.165, 1.54) is 6.07 Å². The summed E-state index contributed by atoms with van der Waals surface area (Å²) in [5.74, 6) is -0.379. The van der Waals surface area contributed by atoms with Gasteiger partial charge in [-0.1, -0.05) is 36.4 Å². The van der Waals surface area contributed by atoms with Crippen molar-refractivity contribution in [3.8, 4) is 0 Å². The zero-order valence-electron chi connectivity index (χ0n) is 11.4. The van der Waals surface area contributed by atoms with Crippen LogP contribution in [0, 0.1) is 10.1 Å². The molecular formula is C15H12N4O3. The molecule has 0 radical (unpaired) electrons. The van der Waals surface area contributed by atoms with Crippen molar-refractivity contribution in [2.24, 2.45) is 0 Å². The van der Waals surface area contributed by atoms with Crippen LogP contribution in [0.4, 0.5) is 5.69 Å². The van der Waals surface area contributed by atoms with Gasteiger partial charge >= 0.3 is 0 Å². The number of amides is 1. The normalized spacial score (nSPS) is 10.5. The number of nitrogens with zero attached hydrogens (tertiary/aromatic N) is 2. The molecule has 0 unspecified atom stereocenters. The van der Waals surface area contributed by atoms with E-state index in [2.05, 4.69) is 15.5 Å². The molecule has 0 fully saturated rings. The molecule has 1 amide bonds. The Morgan fingerprint density at radius 2 is 1.91 bits per heavy atom. The van der Waals surface area contributed by atoms with Crippen LogP contribution >= 0.6 is 0 Å². The molecule has 3 aromatic rings. The van der Waals surface area contributed by atoms with Gasteiger partial charge in [0.2, 0.25) is 0 Å². The summed E-state index contributed by atoms with van der Waals surface area (Å²) in [5.41, 5.74) is 1.46. The average Bonchev–Trinajstić information content (AvgIpc) is 2.97. The van der Waals surface area contributed by atoms with Crippen LogP contribution in [0.2, 0.25) is 0 Å². The maximum absolute atomic E-state index is 12.2. The van der Waals surface area contributed by atoms with E-state index in [4.69, 9.17) is 0 Å². The fraction of sp³-hybridized carbons (Fsp3) is 0.0667. The van der Waals surface area contributed by atoms with E-state index in [9.17, 15) is 14.9 Å². The van der Waals surface area contributed by atoms with Crippen LogP contribution in [0.25, 0.3) is 10.9 Å². The molecule has 0 saturated heterocycles. The lowest BCUT2D eigenvalue weighted by molar-refractivity contribution is -0.385. The Kier molecular flexibility index (Phi) is 3.53. The van der Waals surface area contributed by atoms with Gasteiger partial charge in [0.1, 0.15) is 0 Å². The van der Waals surface area contributed by atoms with Crippen LogP contribution in [0.5, 0.6) is 0 Å². The summed E-state index contributed by atoms with van der Waals surface area (Å²) < 4.78 is 0. The summed E-state index contributed by atoms with van der Waals surface area (Å²) in [4.78, 5) is 22.7. The van der Waals surface area contributed by atoms with Gasteiger partial charge in [0.05, 0.1) is 10.4 Å². The average molecular weight is 296 g/mol. The maximum atomic E-state index is 12.2. The smallest absolute Gasteiger partial charge is 0.274 e. The summed E-state index contributed by atoms with van der Waals surface area (Å²) in [6, 6.07) is 13.6. The van der Waals surface area contributed by atoms with Crippen molar-refractivity contribution < 1.29 is 9.72 Å². The topological polar surface area (TPSA) is 101 Å². The number of H-pyrrole nitrogens is 1. The van der Waals surface area contributed by atoms with Gasteiger partial charge < -0.3 is 5.32 Å². The van der Waals surface area contributed by atoms with Crippen LogP contribution in [-0.2, 0) is 6.54 Å². The van der Waals surface area contributed by atoms with Crippen LogP contribution in [0.3, 0.4) is 0 Å². The van der Waals surface area contributed by atoms with Crippen molar-refractivity contribution in [2.45, 2.75) is 6.54 Å². The first-order chi connectivity index (χ1) is 10.7. The largest absolute Gasteiger partial charge is 0.346 e. The minimum atomic E-state index is -0.467. The summed E-state index contributed by atoms with van der Waals surface area (Å²) >= 11 is 0. The van der Waals surface area contributed by atoms with Gasteiger partial charge in [-0.2, -0.15) is 5.10 Å². The second kappa shape index (κ2) is 5.65. The fourth-order valence-electron chi connectivity index (χ4n) is 2.23. The van der Waals surface area contributed by atoms with Crippen LogP contribution in [0.1, 0.15) is 16.1 Å². The molecule has 0 aliphatic rings. The van der Waals surface area contributed by atoms with Crippen molar-refractivity contribution >= 4 is 22.5 Å². The third kappa shape index (κ3) is 2.51. The van der Waals surface area contributed by atoms with Gasteiger partial charge in [0.25, 0.3) is 11.6 Å². The van der Waals surface area contributed by atoms with Crippen molar-refractivity contribution in [3.63, 3.8) is 0 Å². The fourth-order valence-corrected chi connectivity index (χ4v) is 2.23. The van der Waals surface area contributed by atoms with Gasteiger partial charge in [0, 0.05) is 23.6 Å². The van der Waals surface area contributed by atoms with E-state index < -0.39 is 4.92 Å². The van der Waals surface area contributed by atoms with Gasteiger partial charge in [-0.25, -0.2) is 0 Å². The number of benzene rings is 2. The number of rotatable bonds is 4. The third-order valence-electron chi connectivity index (χ3n) is 3.31. The first-order valence-corrected chi connectivity index (χ1v) is 6.60. The SMILES string of the molecule is O=C(NCc1ccccc1[N+](=O)[O-])c1n[nH]c2ccccc12. The molecule has 3 rings (SSSR count). The van der Waals surface area contributed by atoms with Crippen LogP contribution < -0.4 is 5.32 Å². The highest BCUT2D eigenvalue weighted by Gasteiger charge is 2.16. The Morgan fingerprint density at radius 1 is 1.18 bits per heavy atom. The Balaban J connectivity index is 1.80. The lowest BCUT2D eigenvalue weighted by Crippen LogP contribution is -2.23. The molecule has 0 aliphatic carbocycles. The number of fused-ring (bicyclic) bond motifs is 1. The third-order valence-corrected chi connectivity index (χ3v) is 3.31. The van der Waals surface area contributed by atoms with Crippen LogP contribution in [-0.4, -0.2) is 21.0 Å². The van der Waals surface area contributed by atoms with Crippen molar-refractivity contribution in [2.75, 3.05) is 0 Å². The number of nitro groups is 1. The molecule has 2 N–H and O–H groups in total. The van der Waals surface area contributed by atoms with Gasteiger partial charge in [-0.15, -0.1) is 0 Å². The summed E-state index contributed by atoms with van der Waals surface area (Å²) in [7, 11) is 0. The zero-order chi connectivity index (χ0) is 15.5. The second-order valence-corrected chi connectivity index (χ2v) is 4.69. The first-order valence-electron chi connectivity index (χ1n) is 6.60. The number of hydrogen-bond donors (Lipinski definition) is 2. The standard InChI is InChI=1S/C15H12N4O3/c20-15(14-11-6-2-3-7-12(11)17-18-14)16-9-10-5-1-4-8-13(10)19(21)22/h1-8H,9H2,(H,16,20)(H,17,18). The minimum Gasteiger partial charge on any atom is -0.346 e. The predicted octanol–water partition coefficient (Wildman–Crippen LogP) is 2.40. The number of nitrogens with one attached hydrogen (secondary N) is 2. The summed E-state index contributed by atoms with van der Waals surface area (Å²) in [6.07, 6.45) is 0. The monoisotopic (exact) mass is 296 g/mol. The van der Waals surface area contributed by atoms with Crippen LogP contribution in [0.15, 0.2) is 48.5 Å². The summed E-state index contributed by atoms with van der Waals surface area (Å²) in [6.45, 7) is 0.0666. The molecule has 0 saturated carbocycles. The van der Waals surface area contributed by atoms with Crippen molar-refractivity contribution in [1.29, 1.82) is 0 Å². The van der Waals surface area contributed by atoms with Gasteiger partial charge in [-0.05, 0) is 6.07 Å².